The van der Waals surface area contributed by atoms with Crippen molar-refractivity contribution >= 4 is 0 Å². The van der Waals surface area contributed by atoms with Crippen molar-refractivity contribution in [2.45, 2.75) is 39.7 Å². The monoisotopic (exact) mass is 261 g/mol. The first-order valence-electron chi connectivity index (χ1n) is 7.23. The zero-order valence-electron chi connectivity index (χ0n) is 12.4. The number of rotatable bonds is 10. The van der Waals surface area contributed by atoms with Crippen molar-refractivity contribution in [1.29, 1.82) is 0 Å². The van der Waals surface area contributed by atoms with Crippen LogP contribution in [0.5, 0.6) is 0 Å². The van der Waals surface area contributed by atoms with Gasteiger partial charge in [-0.25, -0.2) is 0 Å². The van der Waals surface area contributed by atoms with Crippen molar-refractivity contribution in [2.75, 3.05) is 19.7 Å². The molecule has 0 aromatic heterocycles. The number of ether oxygens (including phenoxy) is 1. The van der Waals surface area contributed by atoms with Gasteiger partial charge in [0.2, 0.25) is 0 Å². The summed E-state index contributed by atoms with van der Waals surface area (Å²) in [5.41, 5.74) is 3.80. The summed E-state index contributed by atoms with van der Waals surface area (Å²) < 4.78 is 5.61. The normalized spacial score (nSPS) is 10.6. The molecule has 106 valence electrons. The second-order valence-corrected chi connectivity index (χ2v) is 5.08. The van der Waals surface area contributed by atoms with E-state index in [1.807, 2.05) is 6.92 Å². The van der Waals surface area contributed by atoms with Gasteiger partial charge < -0.3 is 10.1 Å². The van der Waals surface area contributed by atoms with Gasteiger partial charge in [-0.05, 0) is 50.4 Å². The summed E-state index contributed by atoms with van der Waals surface area (Å²) in [6, 6.07) is 8.72. The highest BCUT2D eigenvalue weighted by Gasteiger charge is 1.96. The molecular weight excluding hydrogens is 234 g/mol. The Balaban J connectivity index is 2.21. The molecule has 2 heteroatoms. The smallest absolute Gasteiger partial charge is 0.0717 e. The highest BCUT2D eigenvalue weighted by molar-refractivity contribution is 5.22. The summed E-state index contributed by atoms with van der Waals surface area (Å²) in [5, 5.41) is 3.42. The molecule has 19 heavy (non-hydrogen) atoms. The molecule has 2 nitrogen and oxygen atoms in total. The fourth-order valence-electron chi connectivity index (χ4n) is 1.77. The molecule has 1 N–H and O–H groups in total. The van der Waals surface area contributed by atoms with Gasteiger partial charge in [0.25, 0.3) is 0 Å². The maximum absolute atomic E-state index is 5.61. The van der Waals surface area contributed by atoms with Crippen LogP contribution in [0.4, 0.5) is 0 Å². The van der Waals surface area contributed by atoms with Crippen molar-refractivity contribution in [3.05, 3.63) is 47.5 Å². The second-order valence-electron chi connectivity index (χ2n) is 5.08. The molecule has 1 rings (SSSR count). The van der Waals surface area contributed by atoms with E-state index in [9.17, 15) is 0 Å². The Morgan fingerprint density at radius 2 is 1.84 bits per heavy atom. The number of hydrogen-bond donors (Lipinski definition) is 1. The summed E-state index contributed by atoms with van der Waals surface area (Å²) in [6.07, 6.45) is 3.23. The van der Waals surface area contributed by atoms with Gasteiger partial charge >= 0.3 is 0 Å². The lowest BCUT2D eigenvalue weighted by molar-refractivity contribution is 0.124. The molecule has 0 spiro atoms. The second kappa shape index (κ2) is 9.76. The third-order valence-corrected chi connectivity index (χ3v) is 2.98. The van der Waals surface area contributed by atoms with Crippen LogP contribution in [0, 0.1) is 0 Å². The van der Waals surface area contributed by atoms with Crippen LogP contribution in [0.1, 0.15) is 37.8 Å². The number of benzene rings is 1. The van der Waals surface area contributed by atoms with E-state index in [1.54, 1.807) is 0 Å². The fraction of sp³-hybridized carbons (Fsp3) is 0.529. The van der Waals surface area contributed by atoms with Crippen molar-refractivity contribution < 1.29 is 4.74 Å². The summed E-state index contributed by atoms with van der Waals surface area (Å²) in [4.78, 5) is 0. The number of hydrogen-bond acceptors (Lipinski definition) is 2. The van der Waals surface area contributed by atoms with E-state index in [0.29, 0.717) is 6.61 Å². The largest absolute Gasteiger partial charge is 0.376 e. The zero-order chi connectivity index (χ0) is 13.9. The average molecular weight is 261 g/mol. The lowest BCUT2D eigenvalue weighted by Gasteiger charge is -2.06. The van der Waals surface area contributed by atoms with Crippen LogP contribution < -0.4 is 5.32 Å². The molecule has 0 bridgehead atoms. The van der Waals surface area contributed by atoms with Crippen LogP contribution in [0.2, 0.25) is 0 Å². The Kier molecular flexibility index (Phi) is 8.19. The van der Waals surface area contributed by atoms with Gasteiger partial charge in [-0.2, -0.15) is 0 Å². The van der Waals surface area contributed by atoms with E-state index in [4.69, 9.17) is 4.74 Å². The predicted molar refractivity (Wildman–Crippen MR) is 82.4 cm³/mol. The first-order chi connectivity index (χ1) is 9.22. The van der Waals surface area contributed by atoms with Gasteiger partial charge in [0, 0.05) is 0 Å². The Morgan fingerprint density at radius 3 is 2.47 bits per heavy atom. The molecule has 0 radical (unpaired) electrons. The molecule has 1 aromatic carbocycles. The van der Waals surface area contributed by atoms with Gasteiger partial charge in [-0.15, -0.1) is 6.58 Å². The van der Waals surface area contributed by atoms with E-state index in [0.717, 1.165) is 32.5 Å². The topological polar surface area (TPSA) is 21.3 Å². The molecule has 0 unspecified atom stereocenters. The summed E-state index contributed by atoms with van der Waals surface area (Å²) in [5.74, 6) is 0. The maximum Gasteiger partial charge on any atom is 0.0717 e. The van der Waals surface area contributed by atoms with Crippen molar-refractivity contribution in [2.24, 2.45) is 0 Å². The van der Waals surface area contributed by atoms with Crippen molar-refractivity contribution in [1.82, 2.24) is 5.32 Å². The first-order valence-corrected chi connectivity index (χ1v) is 7.23. The molecule has 0 aliphatic heterocycles. The fourth-order valence-corrected chi connectivity index (χ4v) is 1.77. The highest BCUT2D eigenvalue weighted by Crippen LogP contribution is 2.07. The molecule has 0 fully saturated rings. The van der Waals surface area contributed by atoms with Crippen LogP contribution in [0.3, 0.4) is 0 Å². The van der Waals surface area contributed by atoms with Crippen molar-refractivity contribution in [3.63, 3.8) is 0 Å². The molecule has 0 amide bonds. The average Bonchev–Trinajstić information content (AvgIpc) is 2.41. The Hall–Kier alpha value is -1.12. The summed E-state index contributed by atoms with van der Waals surface area (Å²) in [6.45, 7) is 11.7. The standard InChI is InChI=1S/C17H27NO/c1-4-11-18-12-9-16-5-7-17(8-6-16)14-19-13-10-15(2)3/h5-8,18H,2,4,9-14H2,1,3H3. The summed E-state index contributed by atoms with van der Waals surface area (Å²) >= 11 is 0. The Morgan fingerprint density at radius 1 is 1.16 bits per heavy atom. The van der Waals surface area contributed by atoms with Crippen LogP contribution in [-0.4, -0.2) is 19.7 Å². The summed E-state index contributed by atoms with van der Waals surface area (Å²) in [7, 11) is 0. The SMILES string of the molecule is C=C(C)CCOCc1ccc(CCNCCC)cc1. The van der Waals surface area contributed by atoms with Crippen LogP contribution in [-0.2, 0) is 17.8 Å². The molecular formula is C17H27NO. The lowest BCUT2D eigenvalue weighted by atomic mass is 10.1. The van der Waals surface area contributed by atoms with E-state index in [-0.39, 0.29) is 0 Å². The van der Waals surface area contributed by atoms with E-state index in [2.05, 4.69) is 43.1 Å². The molecule has 0 saturated carbocycles. The van der Waals surface area contributed by atoms with E-state index >= 15 is 0 Å². The minimum atomic E-state index is 0.696. The van der Waals surface area contributed by atoms with Crippen LogP contribution >= 0.6 is 0 Å². The van der Waals surface area contributed by atoms with Gasteiger partial charge in [-0.3, -0.25) is 0 Å². The van der Waals surface area contributed by atoms with Crippen LogP contribution in [0.25, 0.3) is 0 Å². The molecule has 1 aromatic rings. The van der Waals surface area contributed by atoms with Crippen molar-refractivity contribution in [3.8, 4) is 0 Å². The molecule has 0 saturated heterocycles. The molecule has 0 aliphatic rings. The quantitative estimate of drug-likeness (QED) is 0.512. The predicted octanol–water partition coefficient (Wildman–Crippen LogP) is 3.71. The minimum absolute atomic E-state index is 0.696. The first kappa shape index (κ1) is 15.9. The minimum Gasteiger partial charge on any atom is -0.376 e. The van der Waals surface area contributed by atoms with Gasteiger partial charge in [-0.1, -0.05) is 36.8 Å². The van der Waals surface area contributed by atoms with Crippen LogP contribution in [0.15, 0.2) is 36.4 Å². The van der Waals surface area contributed by atoms with E-state index < -0.39 is 0 Å². The maximum atomic E-state index is 5.61. The zero-order valence-corrected chi connectivity index (χ0v) is 12.4. The van der Waals surface area contributed by atoms with E-state index in [1.165, 1.54) is 23.1 Å². The Bertz CT molecular complexity index is 356. The molecule has 0 heterocycles. The third-order valence-electron chi connectivity index (χ3n) is 2.98. The lowest BCUT2D eigenvalue weighted by Crippen LogP contribution is -2.17. The highest BCUT2D eigenvalue weighted by atomic mass is 16.5. The van der Waals surface area contributed by atoms with Gasteiger partial charge in [0.05, 0.1) is 13.2 Å². The van der Waals surface area contributed by atoms with Gasteiger partial charge in [0.1, 0.15) is 0 Å². The third kappa shape index (κ3) is 7.81. The Labute approximate surface area is 117 Å². The van der Waals surface area contributed by atoms with Gasteiger partial charge in [0.15, 0.2) is 0 Å². The number of nitrogens with one attached hydrogen (secondary N) is 1. The molecule has 0 aliphatic carbocycles. The molecule has 0 atom stereocenters.